The zero-order valence-corrected chi connectivity index (χ0v) is 12.4. The number of aromatic nitrogens is 1. The molecule has 1 atom stereocenters. The van der Waals surface area contributed by atoms with Crippen molar-refractivity contribution in [3.05, 3.63) is 65.5 Å². The summed E-state index contributed by atoms with van der Waals surface area (Å²) in [5, 5.41) is 11.8. The molecule has 0 saturated carbocycles. The number of hydrogen-bond acceptors (Lipinski definition) is 5. The lowest BCUT2D eigenvalue weighted by molar-refractivity contribution is -0.645. The van der Waals surface area contributed by atoms with Crippen molar-refractivity contribution in [2.75, 3.05) is 5.75 Å². The van der Waals surface area contributed by atoms with Crippen LogP contribution < -0.4 is 10.5 Å². The SMILES string of the molecule is NC(=O)C(OC(=O)CSc1cccc[n+]1[O-])c1ccccc1. The van der Waals surface area contributed by atoms with Crippen molar-refractivity contribution < 1.29 is 19.1 Å². The molecule has 1 heterocycles. The van der Waals surface area contributed by atoms with Crippen molar-refractivity contribution in [2.24, 2.45) is 5.73 Å². The molecule has 0 spiro atoms. The van der Waals surface area contributed by atoms with Crippen molar-refractivity contribution in [1.29, 1.82) is 0 Å². The van der Waals surface area contributed by atoms with Crippen molar-refractivity contribution in [1.82, 2.24) is 0 Å². The van der Waals surface area contributed by atoms with E-state index in [1.54, 1.807) is 48.5 Å². The average Bonchev–Trinajstić information content (AvgIpc) is 2.52. The molecule has 0 bridgehead atoms. The molecule has 0 fully saturated rings. The number of rotatable bonds is 6. The summed E-state index contributed by atoms with van der Waals surface area (Å²) in [5.74, 6) is -1.47. The molecule has 0 radical (unpaired) electrons. The molecule has 1 aromatic heterocycles. The predicted molar refractivity (Wildman–Crippen MR) is 80.6 cm³/mol. The Morgan fingerprint density at radius 1 is 1.18 bits per heavy atom. The highest BCUT2D eigenvalue weighted by atomic mass is 32.2. The third-order valence-corrected chi connectivity index (χ3v) is 3.73. The maximum atomic E-state index is 11.9. The van der Waals surface area contributed by atoms with E-state index in [2.05, 4.69) is 0 Å². The number of thioether (sulfide) groups is 1. The van der Waals surface area contributed by atoms with E-state index < -0.39 is 18.0 Å². The quantitative estimate of drug-likeness (QED) is 0.373. The molecule has 1 aromatic carbocycles. The molecule has 1 unspecified atom stereocenters. The summed E-state index contributed by atoms with van der Waals surface area (Å²) < 4.78 is 5.77. The van der Waals surface area contributed by atoms with Crippen LogP contribution in [0.15, 0.2) is 59.8 Å². The highest BCUT2D eigenvalue weighted by Gasteiger charge is 2.22. The summed E-state index contributed by atoms with van der Waals surface area (Å²) in [6.45, 7) is 0. The summed E-state index contributed by atoms with van der Waals surface area (Å²) >= 11 is 1.03. The Morgan fingerprint density at radius 2 is 1.86 bits per heavy atom. The average molecular weight is 318 g/mol. The van der Waals surface area contributed by atoms with Crippen LogP contribution in [0.4, 0.5) is 0 Å². The van der Waals surface area contributed by atoms with Gasteiger partial charge in [0.25, 0.3) is 10.9 Å². The minimum atomic E-state index is -1.13. The number of carbonyl (C=O) groups excluding carboxylic acids is 2. The van der Waals surface area contributed by atoms with Crippen LogP contribution in [0.25, 0.3) is 0 Å². The first kappa shape index (κ1) is 15.8. The number of nitrogens with two attached hydrogens (primary N) is 1. The van der Waals surface area contributed by atoms with Gasteiger partial charge >= 0.3 is 5.97 Å². The van der Waals surface area contributed by atoms with Crippen LogP contribution in [0.1, 0.15) is 11.7 Å². The Bertz CT molecular complexity index is 664. The first-order valence-corrected chi connectivity index (χ1v) is 7.41. The van der Waals surface area contributed by atoms with Gasteiger partial charge in [-0.15, -0.1) is 0 Å². The van der Waals surface area contributed by atoms with Crippen LogP contribution in [0, 0.1) is 5.21 Å². The monoisotopic (exact) mass is 318 g/mol. The lowest BCUT2D eigenvalue weighted by Gasteiger charge is -2.14. The molecule has 0 saturated heterocycles. The molecular formula is C15H14N2O4S. The maximum absolute atomic E-state index is 11.9. The van der Waals surface area contributed by atoms with Gasteiger partial charge in [-0.25, -0.2) is 0 Å². The lowest BCUT2D eigenvalue weighted by Crippen LogP contribution is -2.29. The van der Waals surface area contributed by atoms with E-state index >= 15 is 0 Å². The van der Waals surface area contributed by atoms with E-state index in [-0.39, 0.29) is 5.75 Å². The van der Waals surface area contributed by atoms with E-state index in [0.29, 0.717) is 15.3 Å². The van der Waals surface area contributed by atoms with Crippen LogP contribution in [-0.4, -0.2) is 17.6 Å². The number of hydrogen-bond donors (Lipinski definition) is 1. The normalized spacial score (nSPS) is 11.6. The minimum absolute atomic E-state index is 0.0944. The molecule has 0 aliphatic rings. The molecule has 0 aliphatic heterocycles. The van der Waals surface area contributed by atoms with Gasteiger partial charge in [-0.3, -0.25) is 9.59 Å². The first-order valence-electron chi connectivity index (χ1n) is 6.42. The molecule has 7 heteroatoms. The standard InChI is InChI=1S/C15H14N2O4S/c16-15(19)14(11-6-2-1-3-7-11)21-13(18)10-22-12-8-4-5-9-17(12)20/h1-9,14H,10H2,(H2,16,19). The fourth-order valence-electron chi connectivity index (χ4n) is 1.74. The number of amides is 1. The van der Waals surface area contributed by atoms with Gasteiger partial charge in [0.1, 0.15) is 5.75 Å². The Balaban J connectivity index is 1.98. The number of benzene rings is 1. The fraction of sp³-hybridized carbons (Fsp3) is 0.133. The van der Waals surface area contributed by atoms with Crippen molar-refractivity contribution in [3.8, 4) is 0 Å². The highest BCUT2D eigenvalue weighted by molar-refractivity contribution is 7.99. The number of ether oxygens (including phenoxy) is 1. The summed E-state index contributed by atoms with van der Waals surface area (Å²) in [4.78, 5) is 23.3. The second-order valence-electron chi connectivity index (χ2n) is 4.34. The summed E-state index contributed by atoms with van der Waals surface area (Å²) in [6, 6.07) is 13.4. The van der Waals surface area contributed by atoms with Gasteiger partial charge in [-0.2, -0.15) is 4.73 Å². The zero-order chi connectivity index (χ0) is 15.9. The lowest BCUT2D eigenvalue weighted by atomic mass is 10.1. The highest BCUT2D eigenvalue weighted by Crippen LogP contribution is 2.19. The van der Waals surface area contributed by atoms with Crippen LogP contribution in [-0.2, 0) is 14.3 Å². The van der Waals surface area contributed by atoms with Crippen molar-refractivity contribution in [3.63, 3.8) is 0 Å². The Labute approximate surface area is 131 Å². The van der Waals surface area contributed by atoms with Crippen LogP contribution in [0.2, 0.25) is 0 Å². The van der Waals surface area contributed by atoms with Crippen molar-refractivity contribution in [2.45, 2.75) is 11.1 Å². The van der Waals surface area contributed by atoms with Crippen molar-refractivity contribution >= 4 is 23.6 Å². The summed E-state index contributed by atoms with van der Waals surface area (Å²) in [5.41, 5.74) is 5.78. The maximum Gasteiger partial charge on any atom is 0.317 e. The molecular weight excluding hydrogens is 304 g/mol. The molecule has 2 rings (SSSR count). The van der Waals surface area contributed by atoms with Gasteiger partial charge in [0.05, 0.1) is 0 Å². The number of esters is 1. The van der Waals surface area contributed by atoms with E-state index in [1.165, 1.54) is 6.20 Å². The third-order valence-electron chi connectivity index (χ3n) is 2.74. The number of primary amides is 1. The van der Waals surface area contributed by atoms with E-state index in [9.17, 15) is 14.8 Å². The fourth-order valence-corrected chi connectivity index (χ4v) is 2.44. The number of carbonyl (C=O) groups is 2. The molecule has 0 aliphatic carbocycles. The van der Waals surface area contributed by atoms with E-state index in [4.69, 9.17) is 10.5 Å². The Morgan fingerprint density at radius 3 is 2.50 bits per heavy atom. The van der Waals surface area contributed by atoms with E-state index in [0.717, 1.165) is 11.8 Å². The van der Waals surface area contributed by atoms with Crippen LogP contribution >= 0.6 is 11.8 Å². The summed E-state index contributed by atoms with van der Waals surface area (Å²) in [6.07, 6.45) is 0.202. The number of nitrogens with zero attached hydrogens (tertiary/aromatic N) is 1. The van der Waals surface area contributed by atoms with Gasteiger partial charge in [0, 0.05) is 17.7 Å². The number of pyridine rings is 1. The first-order chi connectivity index (χ1) is 10.6. The summed E-state index contributed by atoms with van der Waals surface area (Å²) in [7, 11) is 0. The van der Waals surface area contributed by atoms with Gasteiger partial charge in [-0.05, 0) is 17.8 Å². The molecule has 1 amide bonds. The second-order valence-corrected chi connectivity index (χ2v) is 5.33. The molecule has 22 heavy (non-hydrogen) atoms. The molecule has 6 nitrogen and oxygen atoms in total. The van der Waals surface area contributed by atoms with Gasteiger partial charge in [-0.1, -0.05) is 30.3 Å². The largest absolute Gasteiger partial charge is 0.618 e. The minimum Gasteiger partial charge on any atom is -0.618 e. The van der Waals surface area contributed by atoms with E-state index in [1.807, 2.05) is 0 Å². The molecule has 114 valence electrons. The second kappa shape index (κ2) is 7.46. The molecule has 2 N–H and O–H groups in total. The smallest absolute Gasteiger partial charge is 0.317 e. The van der Waals surface area contributed by atoms with Gasteiger partial charge in [0.2, 0.25) is 6.10 Å². The van der Waals surface area contributed by atoms with Crippen LogP contribution in [0.5, 0.6) is 0 Å². The zero-order valence-electron chi connectivity index (χ0n) is 11.5. The van der Waals surface area contributed by atoms with Crippen LogP contribution in [0.3, 0.4) is 0 Å². The van der Waals surface area contributed by atoms with Gasteiger partial charge < -0.3 is 15.7 Å². The van der Waals surface area contributed by atoms with Gasteiger partial charge in [0.15, 0.2) is 6.20 Å². The Hall–Kier alpha value is -2.54. The predicted octanol–water partition coefficient (Wildman–Crippen LogP) is 1.18. The third kappa shape index (κ3) is 4.23. The molecule has 2 aromatic rings. The Kier molecular flexibility index (Phi) is 5.37. The topological polar surface area (TPSA) is 96.3 Å².